The van der Waals surface area contributed by atoms with Crippen LogP contribution in [0.2, 0.25) is 0 Å². The van der Waals surface area contributed by atoms with Gasteiger partial charge in [0, 0.05) is 5.33 Å². The second kappa shape index (κ2) is 5.80. The van der Waals surface area contributed by atoms with Crippen molar-refractivity contribution in [2.45, 2.75) is 31.5 Å². The highest BCUT2D eigenvalue weighted by Gasteiger charge is 2.20. The summed E-state index contributed by atoms with van der Waals surface area (Å²) >= 11 is 3.24. The van der Waals surface area contributed by atoms with Gasteiger partial charge in [-0.15, -0.1) is 0 Å². The summed E-state index contributed by atoms with van der Waals surface area (Å²) in [7, 11) is 0. The number of ether oxygens (including phenoxy) is 1. The van der Waals surface area contributed by atoms with Gasteiger partial charge >= 0.3 is 0 Å². The molecular weight excluding hydrogens is 268 g/mol. The molecule has 1 aliphatic rings. The third-order valence-corrected chi connectivity index (χ3v) is 3.73. The maximum atomic E-state index is 9.46. The van der Waals surface area contributed by atoms with E-state index in [9.17, 15) is 5.11 Å². The molecule has 1 N–H and O–H groups in total. The number of fused-ring (bicyclic) bond motifs is 1. The van der Waals surface area contributed by atoms with Crippen LogP contribution in [0.3, 0.4) is 0 Å². The molecule has 0 spiro atoms. The molecule has 1 aliphatic carbocycles. The third-order valence-electron chi connectivity index (χ3n) is 2.98. The van der Waals surface area contributed by atoms with Gasteiger partial charge in [0.15, 0.2) is 0 Å². The molecule has 0 aliphatic heterocycles. The van der Waals surface area contributed by atoms with Crippen LogP contribution in [-0.4, -0.2) is 23.1 Å². The summed E-state index contributed by atoms with van der Waals surface area (Å²) in [5.41, 5.74) is 2.70. The van der Waals surface area contributed by atoms with Crippen molar-refractivity contribution < 1.29 is 9.84 Å². The van der Waals surface area contributed by atoms with Gasteiger partial charge < -0.3 is 9.84 Å². The maximum absolute atomic E-state index is 9.46. The van der Waals surface area contributed by atoms with Crippen molar-refractivity contribution in [1.82, 2.24) is 0 Å². The lowest BCUT2D eigenvalue weighted by Gasteiger charge is -2.26. The molecule has 0 bridgehead atoms. The number of hydrogen-bond acceptors (Lipinski definition) is 2. The topological polar surface area (TPSA) is 29.5 Å². The van der Waals surface area contributed by atoms with Gasteiger partial charge in [-0.2, -0.15) is 0 Å². The van der Waals surface area contributed by atoms with Crippen molar-refractivity contribution in [3.8, 4) is 0 Å². The SMILES string of the molecule is OC(CBr)COC1CCCc2ccccc21. The molecule has 88 valence electrons. The lowest BCUT2D eigenvalue weighted by Crippen LogP contribution is -2.21. The Kier molecular flexibility index (Phi) is 4.38. The second-order valence-electron chi connectivity index (χ2n) is 4.22. The zero-order valence-electron chi connectivity index (χ0n) is 9.23. The fraction of sp³-hybridized carbons (Fsp3) is 0.538. The number of aliphatic hydroxyl groups is 1. The Hall–Kier alpha value is -0.380. The Labute approximate surface area is 105 Å². The molecule has 0 saturated heterocycles. The Morgan fingerprint density at radius 3 is 3.06 bits per heavy atom. The summed E-state index contributed by atoms with van der Waals surface area (Å²) in [5.74, 6) is 0. The second-order valence-corrected chi connectivity index (χ2v) is 4.87. The molecule has 0 fully saturated rings. The van der Waals surface area contributed by atoms with Gasteiger partial charge in [-0.05, 0) is 30.4 Å². The molecule has 3 heteroatoms. The van der Waals surface area contributed by atoms with Crippen LogP contribution < -0.4 is 0 Å². The molecule has 1 aromatic rings. The van der Waals surface area contributed by atoms with Crippen molar-refractivity contribution in [3.05, 3.63) is 35.4 Å². The van der Waals surface area contributed by atoms with Gasteiger partial charge in [0.1, 0.15) is 0 Å². The van der Waals surface area contributed by atoms with E-state index < -0.39 is 6.10 Å². The molecule has 0 saturated carbocycles. The average molecular weight is 285 g/mol. The molecule has 16 heavy (non-hydrogen) atoms. The van der Waals surface area contributed by atoms with Gasteiger partial charge in [0.2, 0.25) is 0 Å². The summed E-state index contributed by atoms with van der Waals surface area (Å²) in [5, 5.41) is 10.0. The number of aryl methyl sites for hydroxylation is 1. The highest BCUT2D eigenvalue weighted by molar-refractivity contribution is 9.09. The summed E-state index contributed by atoms with van der Waals surface area (Å²) in [6, 6.07) is 8.45. The fourth-order valence-electron chi connectivity index (χ4n) is 2.15. The zero-order chi connectivity index (χ0) is 11.4. The van der Waals surface area contributed by atoms with E-state index in [-0.39, 0.29) is 6.10 Å². The molecule has 0 radical (unpaired) electrons. The Balaban J connectivity index is 2.01. The van der Waals surface area contributed by atoms with Crippen molar-refractivity contribution in [2.75, 3.05) is 11.9 Å². The first-order valence-electron chi connectivity index (χ1n) is 5.74. The van der Waals surface area contributed by atoms with Crippen LogP contribution in [0.4, 0.5) is 0 Å². The minimum absolute atomic E-state index is 0.165. The van der Waals surface area contributed by atoms with Crippen LogP contribution in [-0.2, 0) is 11.2 Å². The quantitative estimate of drug-likeness (QED) is 0.862. The van der Waals surface area contributed by atoms with Crippen LogP contribution in [0.15, 0.2) is 24.3 Å². The maximum Gasteiger partial charge on any atom is 0.0870 e. The number of benzene rings is 1. The minimum Gasteiger partial charge on any atom is -0.390 e. The summed E-state index contributed by atoms with van der Waals surface area (Å²) in [4.78, 5) is 0. The Bertz CT molecular complexity index is 340. The van der Waals surface area contributed by atoms with Crippen LogP contribution in [0.5, 0.6) is 0 Å². The Morgan fingerprint density at radius 2 is 2.25 bits per heavy atom. The van der Waals surface area contributed by atoms with Crippen molar-refractivity contribution in [1.29, 1.82) is 0 Å². The highest BCUT2D eigenvalue weighted by Crippen LogP contribution is 2.32. The normalized spacial score (nSPS) is 21.5. The van der Waals surface area contributed by atoms with Crippen molar-refractivity contribution in [2.24, 2.45) is 0 Å². The molecule has 2 rings (SSSR count). The molecular formula is C13H17BrO2. The van der Waals surface area contributed by atoms with Gasteiger partial charge in [0.05, 0.1) is 18.8 Å². The molecule has 0 heterocycles. The van der Waals surface area contributed by atoms with Gasteiger partial charge in [0.25, 0.3) is 0 Å². The summed E-state index contributed by atoms with van der Waals surface area (Å²) in [6.45, 7) is 0.407. The molecule has 2 unspecified atom stereocenters. The van der Waals surface area contributed by atoms with E-state index in [1.165, 1.54) is 17.5 Å². The summed E-state index contributed by atoms with van der Waals surface area (Å²) in [6.07, 6.45) is 3.14. The van der Waals surface area contributed by atoms with E-state index >= 15 is 0 Å². The van der Waals surface area contributed by atoms with Gasteiger partial charge in [-0.1, -0.05) is 40.2 Å². The monoisotopic (exact) mass is 284 g/mol. The lowest BCUT2D eigenvalue weighted by atomic mass is 9.89. The van der Waals surface area contributed by atoms with E-state index in [0.29, 0.717) is 11.9 Å². The number of alkyl halides is 1. The number of halogens is 1. The molecule has 0 aromatic heterocycles. The number of hydrogen-bond donors (Lipinski definition) is 1. The largest absolute Gasteiger partial charge is 0.390 e. The highest BCUT2D eigenvalue weighted by atomic mass is 79.9. The predicted octanol–water partition coefficient (Wildman–Crippen LogP) is 2.84. The van der Waals surface area contributed by atoms with E-state index in [1.807, 2.05) is 0 Å². The number of rotatable bonds is 4. The van der Waals surface area contributed by atoms with Crippen LogP contribution in [0.1, 0.15) is 30.1 Å². The predicted molar refractivity (Wildman–Crippen MR) is 67.9 cm³/mol. The van der Waals surface area contributed by atoms with Gasteiger partial charge in [-0.3, -0.25) is 0 Å². The van der Waals surface area contributed by atoms with Crippen LogP contribution >= 0.6 is 15.9 Å². The molecule has 1 aromatic carbocycles. The van der Waals surface area contributed by atoms with Gasteiger partial charge in [-0.25, -0.2) is 0 Å². The van der Waals surface area contributed by atoms with E-state index in [4.69, 9.17) is 4.74 Å². The molecule has 2 nitrogen and oxygen atoms in total. The van der Waals surface area contributed by atoms with Crippen LogP contribution in [0.25, 0.3) is 0 Å². The number of aliphatic hydroxyl groups excluding tert-OH is 1. The smallest absolute Gasteiger partial charge is 0.0870 e. The minimum atomic E-state index is -0.408. The molecule has 0 amide bonds. The van der Waals surface area contributed by atoms with Crippen molar-refractivity contribution >= 4 is 15.9 Å². The first-order chi connectivity index (χ1) is 7.81. The third kappa shape index (κ3) is 2.84. The van der Waals surface area contributed by atoms with E-state index in [0.717, 1.165) is 12.8 Å². The van der Waals surface area contributed by atoms with E-state index in [2.05, 4.69) is 40.2 Å². The average Bonchev–Trinajstić information content (AvgIpc) is 2.35. The lowest BCUT2D eigenvalue weighted by molar-refractivity contribution is -0.00923. The summed E-state index contributed by atoms with van der Waals surface area (Å²) < 4.78 is 5.78. The standard InChI is InChI=1S/C13H17BrO2/c14-8-11(15)9-16-13-7-3-5-10-4-1-2-6-12(10)13/h1-2,4,6,11,13,15H,3,5,7-9H2. The Morgan fingerprint density at radius 1 is 1.44 bits per heavy atom. The first-order valence-corrected chi connectivity index (χ1v) is 6.87. The zero-order valence-corrected chi connectivity index (χ0v) is 10.8. The fourth-order valence-corrected chi connectivity index (χ4v) is 2.34. The van der Waals surface area contributed by atoms with Crippen molar-refractivity contribution in [3.63, 3.8) is 0 Å². The first kappa shape index (κ1) is 12.1. The van der Waals surface area contributed by atoms with E-state index in [1.54, 1.807) is 0 Å². The molecule has 2 atom stereocenters. The van der Waals surface area contributed by atoms with Crippen LogP contribution in [0, 0.1) is 0 Å².